The average molecular weight is 337 g/mol. The first kappa shape index (κ1) is 16.7. The summed E-state index contributed by atoms with van der Waals surface area (Å²) in [4.78, 5) is 12.4. The van der Waals surface area contributed by atoms with Gasteiger partial charge in [0, 0.05) is 0 Å². The molecule has 0 unspecified atom stereocenters. The monoisotopic (exact) mass is 337 g/mol. The summed E-state index contributed by atoms with van der Waals surface area (Å²) in [6.45, 7) is 6.20. The van der Waals surface area contributed by atoms with Gasteiger partial charge in [-0.1, -0.05) is 23.4 Å². The molecule has 6 heteroatoms. The third-order valence-corrected chi connectivity index (χ3v) is 3.78. The molecule has 0 saturated heterocycles. The van der Waals surface area contributed by atoms with E-state index >= 15 is 0 Å². The summed E-state index contributed by atoms with van der Waals surface area (Å²) in [5.41, 5.74) is 2.48. The van der Waals surface area contributed by atoms with Crippen LogP contribution in [0.25, 0.3) is 5.69 Å². The highest BCUT2D eigenvalue weighted by atomic mass is 16.5. The topological polar surface area (TPSA) is 66.2 Å². The Hall–Kier alpha value is -3.15. The molecule has 0 aliphatic carbocycles. The average Bonchev–Trinajstić information content (AvgIpc) is 2.99. The lowest BCUT2D eigenvalue weighted by Gasteiger charge is -2.07. The van der Waals surface area contributed by atoms with E-state index in [0.29, 0.717) is 18.1 Å². The molecule has 2 aromatic carbocycles. The van der Waals surface area contributed by atoms with Crippen molar-refractivity contribution in [2.45, 2.75) is 20.8 Å². The van der Waals surface area contributed by atoms with Gasteiger partial charge < -0.3 is 9.47 Å². The van der Waals surface area contributed by atoms with Gasteiger partial charge in [0.2, 0.25) is 0 Å². The predicted molar refractivity (Wildman–Crippen MR) is 93.4 cm³/mol. The zero-order chi connectivity index (χ0) is 17.8. The lowest BCUT2D eigenvalue weighted by Crippen LogP contribution is -2.12. The summed E-state index contributed by atoms with van der Waals surface area (Å²) in [5, 5.41) is 8.06. The number of ether oxygens (including phenoxy) is 2. The smallest absolute Gasteiger partial charge is 0.366 e. The van der Waals surface area contributed by atoms with E-state index in [1.54, 1.807) is 17.7 Å². The summed E-state index contributed by atoms with van der Waals surface area (Å²) in [6.07, 6.45) is 0. The molecule has 1 heterocycles. The van der Waals surface area contributed by atoms with Crippen LogP contribution in [0.4, 0.5) is 0 Å². The van der Waals surface area contributed by atoms with Crippen molar-refractivity contribution in [3.63, 3.8) is 0 Å². The van der Waals surface area contributed by atoms with E-state index in [-0.39, 0.29) is 5.69 Å². The first-order chi connectivity index (χ1) is 12.1. The molecule has 0 saturated carbocycles. The van der Waals surface area contributed by atoms with Crippen LogP contribution in [0.5, 0.6) is 11.5 Å². The Balaban J connectivity index is 1.83. The van der Waals surface area contributed by atoms with Crippen LogP contribution in [0.15, 0.2) is 48.5 Å². The molecule has 0 aliphatic heterocycles. The van der Waals surface area contributed by atoms with Crippen molar-refractivity contribution < 1.29 is 14.3 Å². The van der Waals surface area contributed by atoms with Crippen molar-refractivity contribution in [1.29, 1.82) is 0 Å². The molecule has 3 rings (SSSR count). The molecule has 0 fully saturated rings. The molecule has 0 aliphatic rings. The molecule has 0 spiro atoms. The number of carbonyl (C=O) groups is 1. The van der Waals surface area contributed by atoms with Gasteiger partial charge in [-0.3, -0.25) is 0 Å². The van der Waals surface area contributed by atoms with Crippen LogP contribution in [0.2, 0.25) is 0 Å². The zero-order valence-corrected chi connectivity index (χ0v) is 14.4. The third-order valence-electron chi connectivity index (χ3n) is 3.78. The number of para-hydroxylation sites is 1. The maximum atomic E-state index is 12.4. The van der Waals surface area contributed by atoms with Crippen molar-refractivity contribution in [3.8, 4) is 17.2 Å². The molecule has 0 atom stereocenters. The van der Waals surface area contributed by atoms with Crippen LogP contribution in [-0.4, -0.2) is 27.6 Å². The Morgan fingerprint density at radius 2 is 1.80 bits per heavy atom. The second-order valence-corrected chi connectivity index (χ2v) is 5.52. The summed E-state index contributed by atoms with van der Waals surface area (Å²) < 4.78 is 12.5. The van der Waals surface area contributed by atoms with Crippen molar-refractivity contribution in [2.24, 2.45) is 0 Å². The lowest BCUT2D eigenvalue weighted by atomic mass is 10.2. The summed E-state index contributed by atoms with van der Waals surface area (Å²) >= 11 is 0. The van der Waals surface area contributed by atoms with Gasteiger partial charge in [-0.05, 0) is 56.7 Å². The lowest BCUT2D eigenvalue weighted by molar-refractivity contribution is 0.0726. The van der Waals surface area contributed by atoms with Crippen LogP contribution >= 0.6 is 0 Å². The number of esters is 1. The van der Waals surface area contributed by atoms with E-state index in [0.717, 1.165) is 17.0 Å². The predicted octanol–water partition coefficient (Wildman–Crippen LogP) is 3.50. The van der Waals surface area contributed by atoms with E-state index in [4.69, 9.17) is 9.47 Å². The summed E-state index contributed by atoms with van der Waals surface area (Å²) in [7, 11) is 0. The zero-order valence-electron chi connectivity index (χ0n) is 14.4. The van der Waals surface area contributed by atoms with Gasteiger partial charge in [0.05, 0.1) is 18.0 Å². The van der Waals surface area contributed by atoms with Crippen molar-refractivity contribution in [3.05, 3.63) is 65.5 Å². The minimum absolute atomic E-state index is 0.192. The minimum Gasteiger partial charge on any atom is -0.494 e. The molecule has 1 aromatic heterocycles. The van der Waals surface area contributed by atoms with Crippen LogP contribution in [-0.2, 0) is 0 Å². The fourth-order valence-corrected chi connectivity index (χ4v) is 2.43. The first-order valence-corrected chi connectivity index (χ1v) is 8.03. The number of hydrogen-bond acceptors (Lipinski definition) is 5. The van der Waals surface area contributed by atoms with Crippen LogP contribution in [0.1, 0.15) is 28.7 Å². The van der Waals surface area contributed by atoms with Crippen molar-refractivity contribution in [1.82, 2.24) is 15.0 Å². The van der Waals surface area contributed by atoms with Gasteiger partial charge in [0.15, 0.2) is 5.69 Å². The maximum Gasteiger partial charge on any atom is 0.366 e. The van der Waals surface area contributed by atoms with Crippen molar-refractivity contribution >= 4 is 5.97 Å². The molecule has 6 nitrogen and oxygen atoms in total. The number of rotatable bonds is 5. The van der Waals surface area contributed by atoms with E-state index in [1.807, 2.05) is 56.3 Å². The quantitative estimate of drug-likeness (QED) is 0.526. The molecular formula is C19H19N3O3. The van der Waals surface area contributed by atoms with Gasteiger partial charge in [0.1, 0.15) is 11.5 Å². The van der Waals surface area contributed by atoms with Gasteiger partial charge in [-0.2, -0.15) is 0 Å². The minimum atomic E-state index is -0.524. The molecule has 0 radical (unpaired) electrons. The molecule has 25 heavy (non-hydrogen) atoms. The van der Waals surface area contributed by atoms with E-state index < -0.39 is 5.97 Å². The molecule has 128 valence electrons. The number of nitrogens with zero attached hydrogens (tertiary/aromatic N) is 3. The third kappa shape index (κ3) is 3.52. The molecule has 0 bridgehead atoms. The Morgan fingerprint density at radius 3 is 2.48 bits per heavy atom. The van der Waals surface area contributed by atoms with Gasteiger partial charge >= 0.3 is 5.97 Å². The van der Waals surface area contributed by atoms with E-state index in [2.05, 4.69) is 10.3 Å². The van der Waals surface area contributed by atoms with Crippen molar-refractivity contribution in [2.75, 3.05) is 6.61 Å². The second kappa shape index (κ2) is 7.17. The molecular weight excluding hydrogens is 318 g/mol. The number of aromatic nitrogens is 3. The highest BCUT2D eigenvalue weighted by Gasteiger charge is 2.20. The number of aryl methyl sites for hydroxylation is 1. The van der Waals surface area contributed by atoms with E-state index in [1.165, 1.54) is 0 Å². The maximum absolute atomic E-state index is 12.4. The molecule has 0 amide bonds. The van der Waals surface area contributed by atoms with Crippen LogP contribution in [0.3, 0.4) is 0 Å². The molecule has 3 aromatic rings. The SMILES string of the molecule is CCOc1ccc(-n2nnc(C(=O)Oc3ccccc3C)c2C)cc1. The fraction of sp³-hybridized carbons (Fsp3) is 0.211. The normalized spacial score (nSPS) is 10.5. The first-order valence-electron chi connectivity index (χ1n) is 8.03. The van der Waals surface area contributed by atoms with Crippen LogP contribution in [0, 0.1) is 13.8 Å². The second-order valence-electron chi connectivity index (χ2n) is 5.52. The van der Waals surface area contributed by atoms with Gasteiger partial charge in [-0.15, -0.1) is 5.10 Å². The Labute approximate surface area is 146 Å². The van der Waals surface area contributed by atoms with Gasteiger partial charge in [-0.25, -0.2) is 9.48 Å². The highest BCUT2D eigenvalue weighted by molar-refractivity contribution is 5.90. The van der Waals surface area contributed by atoms with Gasteiger partial charge in [0.25, 0.3) is 0 Å². The van der Waals surface area contributed by atoms with Crippen LogP contribution < -0.4 is 9.47 Å². The highest BCUT2D eigenvalue weighted by Crippen LogP contribution is 2.20. The Kier molecular flexibility index (Phi) is 4.79. The van der Waals surface area contributed by atoms with E-state index in [9.17, 15) is 4.79 Å². The summed E-state index contributed by atoms with van der Waals surface area (Å²) in [5.74, 6) is 0.773. The number of hydrogen-bond donors (Lipinski definition) is 0. The summed E-state index contributed by atoms with van der Waals surface area (Å²) in [6, 6.07) is 14.8. The largest absolute Gasteiger partial charge is 0.494 e. The molecule has 0 N–H and O–H groups in total. The Morgan fingerprint density at radius 1 is 1.08 bits per heavy atom. The number of carbonyl (C=O) groups excluding carboxylic acids is 1. The number of benzene rings is 2. The standard InChI is InChI=1S/C19H19N3O3/c1-4-24-16-11-9-15(10-12-16)22-14(3)18(20-21-22)19(23)25-17-8-6-5-7-13(17)2/h5-12H,4H2,1-3H3. The fourth-order valence-electron chi connectivity index (χ4n) is 2.43. The Bertz CT molecular complexity index is 885.